The van der Waals surface area contributed by atoms with Crippen molar-refractivity contribution in [2.24, 2.45) is 0 Å². The summed E-state index contributed by atoms with van der Waals surface area (Å²) in [4.78, 5) is 16.2. The lowest BCUT2D eigenvalue weighted by Crippen LogP contribution is -2.28. The molecule has 0 bridgehead atoms. The Balaban J connectivity index is 1.42. The number of rotatable bonds is 6. The smallest absolute Gasteiger partial charge is 0.258 e. The van der Waals surface area contributed by atoms with E-state index in [0.717, 1.165) is 5.69 Å². The summed E-state index contributed by atoms with van der Waals surface area (Å²) >= 11 is 1.65. The fourth-order valence-electron chi connectivity index (χ4n) is 1.84. The highest BCUT2D eigenvalue weighted by Gasteiger charge is 2.26. The summed E-state index contributed by atoms with van der Waals surface area (Å²) in [5.74, 6) is 0.555. The van der Waals surface area contributed by atoms with E-state index in [4.69, 9.17) is 4.74 Å². The molecule has 110 valence electrons. The first-order valence-electron chi connectivity index (χ1n) is 6.80. The van der Waals surface area contributed by atoms with E-state index in [1.165, 1.54) is 42.1 Å². The van der Waals surface area contributed by atoms with Crippen molar-refractivity contribution < 1.29 is 13.9 Å². The largest absolute Gasteiger partial charge is 0.484 e. The predicted molar refractivity (Wildman–Crippen MR) is 77.8 cm³/mol. The number of hydrogen-bond donors (Lipinski definition) is 1. The number of nitrogens with one attached hydrogen (secondary N) is 1. The minimum atomic E-state index is -0.332. The highest BCUT2D eigenvalue weighted by molar-refractivity contribution is 7.09. The maximum atomic E-state index is 12.7. The van der Waals surface area contributed by atoms with Crippen molar-refractivity contribution in [3.05, 3.63) is 46.2 Å². The fraction of sp³-hybridized carbons (Fsp3) is 0.333. The maximum Gasteiger partial charge on any atom is 0.258 e. The van der Waals surface area contributed by atoms with Gasteiger partial charge in [-0.1, -0.05) is 0 Å². The number of aromatic nitrogens is 1. The molecule has 1 saturated carbocycles. The second kappa shape index (κ2) is 6.22. The van der Waals surface area contributed by atoms with E-state index < -0.39 is 0 Å². The fourth-order valence-corrected chi connectivity index (χ4v) is 2.83. The van der Waals surface area contributed by atoms with E-state index in [1.807, 2.05) is 5.38 Å². The van der Waals surface area contributed by atoms with Crippen LogP contribution in [0.15, 0.2) is 29.6 Å². The van der Waals surface area contributed by atoms with Gasteiger partial charge in [0.15, 0.2) is 6.61 Å². The van der Waals surface area contributed by atoms with Gasteiger partial charge in [-0.25, -0.2) is 9.37 Å². The van der Waals surface area contributed by atoms with Crippen LogP contribution in [0.5, 0.6) is 5.75 Å². The molecule has 21 heavy (non-hydrogen) atoms. The van der Waals surface area contributed by atoms with Crippen LogP contribution in [0.25, 0.3) is 0 Å². The quantitative estimate of drug-likeness (QED) is 0.893. The predicted octanol–water partition coefficient (Wildman–Crippen LogP) is 2.85. The van der Waals surface area contributed by atoms with E-state index in [2.05, 4.69) is 10.3 Å². The van der Waals surface area contributed by atoms with E-state index in [1.54, 1.807) is 11.3 Å². The molecule has 0 radical (unpaired) electrons. The van der Waals surface area contributed by atoms with Crippen LogP contribution in [0.4, 0.5) is 4.39 Å². The van der Waals surface area contributed by atoms with E-state index >= 15 is 0 Å². The molecule has 1 aliphatic carbocycles. The first-order chi connectivity index (χ1) is 10.2. The topological polar surface area (TPSA) is 51.2 Å². The molecule has 0 atom stereocenters. The van der Waals surface area contributed by atoms with Gasteiger partial charge in [0.2, 0.25) is 0 Å². The van der Waals surface area contributed by atoms with Gasteiger partial charge in [-0.15, -0.1) is 11.3 Å². The van der Waals surface area contributed by atoms with Crippen LogP contribution >= 0.6 is 11.3 Å². The van der Waals surface area contributed by atoms with Crippen molar-refractivity contribution in [3.63, 3.8) is 0 Å². The SMILES string of the molecule is O=C(COc1ccc(F)cc1)NCc1csc(C2CC2)n1. The van der Waals surface area contributed by atoms with Crippen LogP contribution in [-0.2, 0) is 11.3 Å². The van der Waals surface area contributed by atoms with Crippen molar-refractivity contribution in [2.45, 2.75) is 25.3 Å². The summed E-state index contributed by atoms with van der Waals surface area (Å²) in [6.45, 7) is 0.320. The number of benzene rings is 1. The van der Waals surface area contributed by atoms with Gasteiger partial charge in [-0.2, -0.15) is 0 Å². The third kappa shape index (κ3) is 4.01. The van der Waals surface area contributed by atoms with Crippen LogP contribution in [0.1, 0.15) is 29.5 Å². The number of carbonyl (C=O) groups is 1. The summed E-state index contributed by atoms with van der Waals surface area (Å²) in [6.07, 6.45) is 2.45. The lowest BCUT2D eigenvalue weighted by atomic mass is 10.3. The number of ether oxygens (including phenoxy) is 1. The van der Waals surface area contributed by atoms with Crippen molar-refractivity contribution in [3.8, 4) is 5.75 Å². The molecular weight excluding hydrogens is 291 g/mol. The number of thiazole rings is 1. The second-order valence-corrected chi connectivity index (χ2v) is 5.86. The lowest BCUT2D eigenvalue weighted by Gasteiger charge is -2.06. The molecule has 4 nitrogen and oxygen atoms in total. The summed E-state index contributed by atoms with van der Waals surface area (Å²) in [5, 5.41) is 5.91. The molecule has 0 spiro atoms. The standard InChI is InChI=1S/C15H15FN2O2S/c16-11-3-5-13(6-4-11)20-8-14(19)17-7-12-9-21-15(18-12)10-1-2-10/h3-6,9-10H,1-2,7-8H2,(H,17,19). The van der Waals surface area contributed by atoms with Gasteiger partial charge in [0.1, 0.15) is 11.6 Å². The molecule has 1 aromatic heterocycles. The van der Waals surface area contributed by atoms with Gasteiger partial charge in [0.05, 0.1) is 17.2 Å². The first-order valence-corrected chi connectivity index (χ1v) is 7.68. The van der Waals surface area contributed by atoms with Crippen molar-refractivity contribution in [2.75, 3.05) is 6.61 Å². The zero-order valence-electron chi connectivity index (χ0n) is 11.3. The average molecular weight is 306 g/mol. The number of hydrogen-bond acceptors (Lipinski definition) is 4. The van der Waals surface area contributed by atoms with Gasteiger partial charge in [-0.3, -0.25) is 4.79 Å². The van der Waals surface area contributed by atoms with Gasteiger partial charge >= 0.3 is 0 Å². The summed E-state index contributed by atoms with van der Waals surface area (Å²) in [5.41, 5.74) is 0.886. The van der Waals surface area contributed by atoms with Gasteiger partial charge < -0.3 is 10.1 Å². The van der Waals surface area contributed by atoms with Gasteiger partial charge in [0, 0.05) is 11.3 Å². The molecule has 1 aliphatic rings. The van der Waals surface area contributed by atoms with Crippen molar-refractivity contribution in [1.82, 2.24) is 10.3 Å². The van der Waals surface area contributed by atoms with Gasteiger partial charge in [-0.05, 0) is 37.1 Å². The highest BCUT2D eigenvalue weighted by atomic mass is 32.1. The monoisotopic (exact) mass is 306 g/mol. The normalized spacial score (nSPS) is 14.0. The highest BCUT2D eigenvalue weighted by Crippen LogP contribution is 2.41. The van der Waals surface area contributed by atoms with E-state index in [9.17, 15) is 9.18 Å². The molecular formula is C15H15FN2O2S. The average Bonchev–Trinajstić information content (AvgIpc) is 3.23. The molecule has 0 unspecified atom stereocenters. The van der Waals surface area contributed by atoms with Crippen LogP contribution in [-0.4, -0.2) is 17.5 Å². The Hall–Kier alpha value is -1.95. The summed E-state index contributed by atoms with van der Waals surface area (Å²) in [7, 11) is 0. The zero-order chi connectivity index (χ0) is 14.7. The third-order valence-electron chi connectivity index (χ3n) is 3.15. The molecule has 3 rings (SSSR count). The lowest BCUT2D eigenvalue weighted by molar-refractivity contribution is -0.123. The molecule has 1 aromatic carbocycles. The zero-order valence-corrected chi connectivity index (χ0v) is 12.2. The summed E-state index contributed by atoms with van der Waals surface area (Å²) < 4.78 is 18.0. The second-order valence-electron chi connectivity index (χ2n) is 4.97. The Labute approximate surface area is 126 Å². The molecule has 0 saturated heterocycles. The Kier molecular flexibility index (Phi) is 4.15. The number of halogens is 1. The van der Waals surface area contributed by atoms with E-state index in [0.29, 0.717) is 18.2 Å². The van der Waals surface area contributed by atoms with Crippen LogP contribution in [0, 0.1) is 5.82 Å². The van der Waals surface area contributed by atoms with Gasteiger partial charge in [0.25, 0.3) is 5.91 Å². The van der Waals surface area contributed by atoms with Crippen LogP contribution in [0.2, 0.25) is 0 Å². The number of carbonyl (C=O) groups excluding carboxylic acids is 1. The molecule has 1 fully saturated rings. The van der Waals surface area contributed by atoms with E-state index in [-0.39, 0.29) is 18.3 Å². The molecule has 2 aromatic rings. The van der Waals surface area contributed by atoms with Crippen LogP contribution < -0.4 is 10.1 Å². The number of nitrogens with zero attached hydrogens (tertiary/aromatic N) is 1. The van der Waals surface area contributed by atoms with Crippen molar-refractivity contribution in [1.29, 1.82) is 0 Å². The Morgan fingerprint density at radius 2 is 2.14 bits per heavy atom. The maximum absolute atomic E-state index is 12.7. The Bertz CT molecular complexity index is 623. The number of amides is 1. The molecule has 6 heteroatoms. The minimum absolute atomic E-state index is 0.0920. The molecule has 1 N–H and O–H groups in total. The summed E-state index contributed by atoms with van der Waals surface area (Å²) in [6, 6.07) is 5.57. The third-order valence-corrected chi connectivity index (χ3v) is 4.20. The van der Waals surface area contributed by atoms with Crippen LogP contribution in [0.3, 0.4) is 0 Å². The Morgan fingerprint density at radius 1 is 1.38 bits per heavy atom. The first kappa shape index (κ1) is 14.0. The molecule has 0 aliphatic heterocycles. The molecule has 1 amide bonds. The Morgan fingerprint density at radius 3 is 2.86 bits per heavy atom. The minimum Gasteiger partial charge on any atom is -0.484 e. The molecule has 1 heterocycles. The van der Waals surface area contributed by atoms with Crippen molar-refractivity contribution >= 4 is 17.2 Å².